The molecule has 1 saturated carbocycles. The molecule has 0 bridgehead atoms. The minimum absolute atomic E-state index is 0.0746. The van der Waals surface area contributed by atoms with Gasteiger partial charge >= 0.3 is 6.18 Å². The second-order valence-corrected chi connectivity index (χ2v) is 18.7. The number of aliphatic hydroxyl groups is 1. The molecule has 1 spiro atoms. The second kappa shape index (κ2) is 16.6. The molecule has 0 radical (unpaired) electrons. The molecule has 3 saturated heterocycles. The first-order valence-electron chi connectivity index (χ1n) is 22.0. The molecule has 15 nitrogen and oxygen atoms in total. The maximum Gasteiger partial charge on any atom is 0.433 e. The summed E-state index contributed by atoms with van der Waals surface area (Å²) in [6.45, 7) is 8.42. The van der Waals surface area contributed by atoms with Gasteiger partial charge in [0.1, 0.15) is 22.9 Å². The summed E-state index contributed by atoms with van der Waals surface area (Å²) in [5, 5.41) is 19.2. The van der Waals surface area contributed by atoms with Crippen molar-refractivity contribution in [1.82, 2.24) is 25.1 Å². The molecule has 1 aliphatic carbocycles. The highest BCUT2D eigenvalue weighted by Crippen LogP contribution is 2.54. The van der Waals surface area contributed by atoms with Crippen LogP contribution in [0.1, 0.15) is 114 Å². The molecule has 5 aliphatic rings. The number of anilines is 3. The van der Waals surface area contributed by atoms with Crippen LogP contribution in [0.15, 0.2) is 52.9 Å². The fraction of sp³-hybridized carbons (Fsp3) is 0.500. The van der Waals surface area contributed by atoms with E-state index < -0.39 is 58.7 Å². The number of nitrogens with zero attached hydrogens (tertiary/aromatic N) is 5. The largest absolute Gasteiger partial charge is 0.433 e. The lowest BCUT2D eigenvalue weighted by Gasteiger charge is -2.53. The summed E-state index contributed by atoms with van der Waals surface area (Å²) >= 11 is 0. The first kappa shape index (κ1) is 43.4. The number of pyridine rings is 1. The van der Waals surface area contributed by atoms with Crippen LogP contribution in [0.4, 0.5) is 30.6 Å². The second-order valence-electron chi connectivity index (χ2n) is 18.7. The van der Waals surface area contributed by atoms with Crippen LogP contribution in [0, 0.1) is 17.3 Å². The molecule has 4 aromatic rings. The summed E-state index contributed by atoms with van der Waals surface area (Å²) in [5.74, 6) is -1.80. The maximum absolute atomic E-state index is 13.5. The maximum atomic E-state index is 13.5. The Morgan fingerprint density at radius 1 is 0.922 bits per heavy atom. The molecule has 6 heterocycles. The highest BCUT2D eigenvalue weighted by molar-refractivity contribution is 6.25. The van der Waals surface area contributed by atoms with E-state index in [-0.39, 0.29) is 29.7 Å². The predicted octanol–water partition coefficient (Wildman–Crippen LogP) is 6.33. The molecule has 2 aromatic carbocycles. The number of carbonyl (C=O) groups excluding carboxylic acids is 5. The number of hydrogen-bond donors (Lipinski definition) is 4. The van der Waals surface area contributed by atoms with Gasteiger partial charge in [0.05, 0.1) is 22.4 Å². The van der Waals surface area contributed by atoms with Crippen molar-refractivity contribution in [3.8, 4) is 0 Å². The van der Waals surface area contributed by atoms with Gasteiger partial charge in [0.25, 0.3) is 23.7 Å². The summed E-state index contributed by atoms with van der Waals surface area (Å²) in [4.78, 5) is 77.7. The lowest BCUT2D eigenvalue weighted by Crippen LogP contribution is -2.54. The van der Waals surface area contributed by atoms with Crippen LogP contribution in [-0.4, -0.2) is 99.7 Å². The molecule has 338 valence electrons. The third-order valence-corrected chi connectivity index (χ3v) is 13.8. The summed E-state index contributed by atoms with van der Waals surface area (Å²) in [5.41, 5.74) is -0.165. The van der Waals surface area contributed by atoms with Gasteiger partial charge in [-0.25, -0.2) is 4.98 Å². The van der Waals surface area contributed by atoms with Gasteiger partial charge in [-0.3, -0.25) is 34.2 Å². The molecule has 9 rings (SSSR count). The van der Waals surface area contributed by atoms with Crippen LogP contribution in [0.5, 0.6) is 0 Å². The number of likely N-dealkylation sites (tertiary alicyclic amines) is 1. The zero-order valence-electron chi connectivity index (χ0n) is 35.7. The number of hydrogen-bond acceptors (Lipinski definition) is 12. The van der Waals surface area contributed by atoms with Crippen LogP contribution in [0.25, 0.3) is 11.1 Å². The zero-order valence-corrected chi connectivity index (χ0v) is 35.7. The first-order chi connectivity index (χ1) is 30.4. The number of fused-ring (bicyclic) bond motifs is 2. The van der Waals surface area contributed by atoms with Crippen LogP contribution in [0.2, 0.25) is 0 Å². The van der Waals surface area contributed by atoms with Gasteiger partial charge in [-0.2, -0.15) is 18.2 Å². The van der Waals surface area contributed by atoms with Crippen molar-refractivity contribution in [2.45, 2.75) is 89.5 Å². The van der Waals surface area contributed by atoms with Gasteiger partial charge in [-0.05, 0) is 126 Å². The van der Waals surface area contributed by atoms with Gasteiger partial charge in [0, 0.05) is 49.9 Å². The number of carbonyl (C=O) groups is 5. The number of rotatable bonds is 11. The average Bonchev–Trinajstić information content (AvgIpc) is 3.77. The van der Waals surface area contributed by atoms with E-state index in [0.717, 1.165) is 69.0 Å². The van der Waals surface area contributed by atoms with Gasteiger partial charge < -0.3 is 30.0 Å². The monoisotopic (exact) mass is 884 g/mol. The summed E-state index contributed by atoms with van der Waals surface area (Å²) in [7, 11) is 0. The van der Waals surface area contributed by atoms with E-state index in [1.165, 1.54) is 37.8 Å². The number of piperidine rings is 3. The van der Waals surface area contributed by atoms with Crippen molar-refractivity contribution in [1.29, 1.82) is 0 Å². The van der Waals surface area contributed by atoms with Gasteiger partial charge in [0.15, 0.2) is 5.58 Å². The molecule has 1 unspecified atom stereocenters. The van der Waals surface area contributed by atoms with Crippen LogP contribution in [-0.2, 0) is 21.4 Å². The van der Waals surface area contributed by atoms with E-state index in [2.05, 4.69) is 30.7 Å². The highest BCUT2D eigenvalue weighted by Gasteiger charge is 2.47. The zero-order chi connectivity index (χ0) is 45.1. The van der Waals surface area contributed by atoms with E-state index in [9.17, 15) is 42.3 Å². The van der Waals surface area contributed by atoms with E-state index in [0.29, 0.717) is 52.2 Å². The van der Waals surface area contributed by atoms with Crippen molar-refractivity contribution in [2.75, 3.05) is 54.8 Å². The fourth-order valence-electron chi connectivity index (χ4n) is 10.3. The standard InChI is InChI=1S/C46H51F3N8O7/c1-44(2,63)29-21-33-35(22-32(29)52-39(59)31-7-4-8-36(51-31)46(47,48)49)64-43(53-33)56-17-12-26(13-18-56)25-55-19-14-45(15-20-55)23-27(24-45)11-16-50-30-6-3-5-28-38(30)42(62)57(41(28)61)34-9-10-37(58)54-40(34)60/h3-8,21-22,26-27,34,50,63H,9-20,23-25H2,1-2H3,(H,52,59)(H,54,58,60). The fourth-order valence-corrected chi connectivity index (χ4v) is 10.3. The molecule has 18 heteroatoms. The number of benzene rings is 2. The highest BCUT2D eigenvalue weighted by atomic mass is 19.4. The van der Waals surface area contributed by atoms with Gasteiger partial charge in [-0.15, -0.1) is 0 Å². The molecular weight excluding hydrogens is 834 g/mol. The van der Waals surface area contributed by atoms with Crippen LogP contribution >= 0.6 is 0 Å². The molecule has 4 N–H and O–H groups in total. The molecule has 2 aromatic heterocycles. The molecule has 4 fully saturated rings. The minimum atomic E-state index is -4.71. The van der Waals surface area contributed by atoms with Crippen molar-refractivity contribution in [2.24, 2.45) is 17.3 Å². The molecular formula is C46H51F3N8O7. The van der Waals surface area contributed by atoms with E-state index in [4.69, 9.17) is 9.40 Å². The van der Waals surface area contributed by atoms with E-state index in [1.807, 2.05) is 0 Å². The Morgan fingerprint density at radius 2 is 1.66 bits per heavy atom. The Morgan fingerprint density at radius 3 is 2.36 bits per heavy atom. The van der Waals surface area contributed by atoms with Crippen LogP contribution in [0.3, 0.4) is 0 Å². The third kappa shape index (κ3) is 8.56. The summed E-state index contributed by atoms with van der Waals surface area (Å²) in [6.07, 6.45) is 3.06. The van der Waals surface area contributed by atoms with Crippen molar-refractivity contribution >= 4 is 58.0 Å². The van der Waals surface area contributed by atoms with Crippen molar-refractivity contribution < 1.29 is 46.7 Å². The molecule has 64 heavy (non-hydrogen) atoms. The molecule has 4 aliphatic heterocycles. The van der Waals surface area contributed by atoms with Crippen molar-refractivity contribution in [3.63, 3.8) is 0 Å². The Hall–Kier alpha value is -5.88. The van der Waals surface area contributed by atoms with Gasteiger partial charge in [-0.1, -0.05) is 12.1 Å². The topological polar surface area (TPSA) is 190 Å². The summed E-state index contributed by atoms with van der Waals surface area (Å²) in [6, 6.07) is 10.8. The van der Waals surface area contributed by atoms with Crippen LogP contribution < -0.4 is 20.9 Å². The number of nitrogens with one attached hydrogen (secondary N) is 3. The number of halogens is 3. The summed E-state index contributed by atoms with van der Waals surface area (Å²) < 4.78 is 45.9. The minimum Gasteiger partial charge on any atom is -0.423 e. The molecule has 1 atom stereocenters. The van der Waals surface area contributed by atoms with Crippen molar-refractivity contribution in [3.05, 3.63) is 76.6 Å². The Labute approximate surface area is 367 Å². The quantitative estimate of drug-likeness (QED) is 0.123. The Bertz CT molecular complexity index is 2510. The predicted molar refractivity (Wildman–Crippen MR) is 228 cm³/mol. The Balaban J connectivity index is 0.730. The SMILES string of the molecule is CC(C)(O)c1cc2nc(N3CCC(CN4CCC5(CC4)CC(CCNc4cccc6c4C(=O)N(C4CCC(=O)NC4=O)C6=O)C5)CC3)oc2cc1NC(=O)c1cccc(C(F)(F)F)n1. The normalized spacial score (nSPS) is 21.1. The first-order valence-corrected chi connectivity index (χ1v) is 22.0. The van der Waals surface area contributed by atoms with Gasteiger partial charge in [0.2, 0.25) is 11.8 Å². The lowest BCUT2D eigenvalue weighted by atomic mass is 9.57. The number of imide groups is 2. The number of alkyl halides is 3. The lowest BCUT2D eigenvalue weighted by molar-refractivity contribution is -0.141. The average molecular weight is 885 g/mol. The smallest absolute Gasteiger partial charge is 0.423 e. The van der Waals surface area contributed by atoms with E-state index >= 15 is 0 Å². The van der Waals surface area contributed by atoms with E-state index in [1.54, 1.807) is 38.1 Å². The number of aromatic nitrogens is 2. The third-order valence-electron chi connectivity index (χ3n) is 13.8. The number of amides is 5. The number of oxazole rings is 1. The molecule has 5 amide bonds. The Kier molecular flexibility index (Phi) is 11.2.